The summed E-state index contributed by atoms with van der Waals surface area (Å²) in [6, 6.07) is 27.3. The first kappa shape index (κ1) is 47.0. The number of benzene rings is 2. The molecule has 7 heterocycles. The van der Waals surface area contributed by atoms with Gasteiger partial charge in [0.1, 0.15) is 12.7 Å². The molecule has 0 N–H and O–H groups in total. The third kappa shape index (κ3) is 12.0. The van der Waals surface area contributed by atoms with E-state index in [1.54, 1.807) is 33.8 Å². The molecular formula is C48H46BBr2IN8O4. The van der Waals surface area contributed by atoms with E-state index in [4.69, 9.17) is 9.31 Å². The minimum Gasteiger partial charge on any atom is -0.399 e. The Kier molecular flexibility index (Phi) is 15.6. The molecule has 0 unspecified atom stereocenters. The van der Waals surface area contributed by atoms with Gasteiger partial charge in [0, 0.05) is 70.3 Å². The van der Waals surface area contributed by atoms with Crippen LogP contribution in [0.3, 0.4) is 0 Å². The predicted octanol–water partition coefficient (Wildman–Crippen LogP) is 10.4. The molecule has 8 aromatic rings. The summed E-state index contributed by atoms with van der Waals surface area (Å²) in [7, 11) is -0.393. The number of ketones is 2. The number of aromatic nitrogens is 8. The van der Waals surface area contributed by atoms with Gasteiger partial charge in [-0.1, -0.05) is 48.5 Å². The standard InChI is InChI=1S/C21H26BNO3.C21H17BrN4O.C6H3BrIN3/c1-20(2)21(3,4)26-22(25-20)18-10-8-17(9-11-18)19(24)7-5-6-16-12-14-23-15-13-16;22-19-12-18(13-26-21(19)24-14-25-26)16-4-6-17(7-5-16)20(27)3-1-2-15-8-10-23-11-9-15;7-5-1-4(8)2-11-6(5)9-3-10-11/h8-15H,5-7H2,1-4H3;4-14H,1-3H2;1-3H. The first-order chi connectivity index (χ1) is 30.8. The third-order valence-corrected chi connectivity index (χ3v) is 12.9. The van der Waals surface area contributed by atoms with Gasteiger partial charge in [-0.25, -0.2) is 19.0 Å². The molecule has 1 saturated heterocycles. The van der Waals surface area contributed by atoms with Crippen LogP contribution in [0.5, 0.6) is 0 Å². The van der Waals surface area contributed by atoms with Crippen LogP contribution in [0.15, 0.2) is 144 Å². The van der Waals surface area contributed by atoms with E-state index >= 15 is 0 Å². The van der Waals surface area contributed by atoms with Crippen LogP contribution >= 0.6 is 54.5 Å². The minimum absolute atomic E-state index is 0.166. The van der Waals surface area contributed by atoms with Crippen LogP contribution in [0.1, 0.15) is 85.2 Å². The molecular weight excluding hydrogens is 1050 g/mol. The zero-order valence-corrected chi connectivity index (χ0v) is 41.2. The first-order valence-electron chi connectivity index (χ1n) is 20.8. The molecule has 2 aromatic carbocycles. The number of fused-ring (bicyclic) bond motifs is 2. The lowest BCUT2D eigenvalue weighted by molar-refractivity contribution is 0.00578. The van der Waals surface area contributed by atoms with Crippen LogP contribution < -0.4 is 5.46 Å². The second kappa shape index (κ2) is 21.3. The molecule has 0 bridgehead atoms. The molecule has 0 amide bonds. The SMILES string of the molecule is Brc1cc(I)cn2ncnc12.CC1(C)OB(c2ccc(C(=O)CCCc3ccncc3)cc2)OC1(C)C.O=C(CCCc1ccncc1)c1ccc(-c2cc(Br)c3ncnn3c2)cc1. The quantitative estimate of drug-likeness (QED) is 0.0660. The van der Waals surface area contributed by atoms with Crippen molar-refractivity contribution < 1.29 is 18.9 Å². The van der Waals surface area contributed by atoms with Gasteiger partial charge in [0.15, 0.2) is 22.9 Å². The Labute approximate surface area is 403 Å². The molecule has 0 radical (unpaired) electrons. The van der Waals surface area contributed by atoms with E-state index in [2.05, 4.69) is 84.6 Å². The molecule has 1 aliphatic rings. The first-order valence-corrected chi connectivity index (χ1v) is 23.5. The molecule has 0 spiro atoms. The molecule has 326 valence electrons. The maximum atomic E-state index is 12.4. The second-order valence-electron chi connectivity index (χ2n) is 16.2. The third-order valence-electron chi connectivity index (χ3n) is 11.2. The summed E-state index contributed by atoms with van der Waals surface area (Å²) in [5.74, 6) is 0.336. The van der Waals surface area contributed by atoms with Crippen molar-refractivity contribution in [3.63, 3.8) is 0 Å². The van der Waals surface area contributed by atoms with Crippen LogP contribution in [0.4, 0.5) is 0 Å². The van der Waals surface area contributed by atoms with E-state index < -0.39 is 7.12 Å². The average molecular weight is 1100 g/mol. The Morgan fingerprint density at radius 1 is 0.625 bits per heavy atom. The highest BCUT2D eigenvalue weighted by Crippen LogP contribution is 2.36. The number of aryl methyl sites for hydroxylation is 2. The number of hydrogen-bond acceptors (Lipinski definition) is 10. The fraction of sp³-hybridized carbons (Fsp3) is 0.250. The van der Waals surface area contributed by atoms with Crippen molar-refractivity contribution in [2.75, 3.05) is 0 Å². The second-order valence-corrected chi connectivity index (χ2v) is 19.1. The molecule has 1 aliphatic heterocycles. The molecule has 1 fully saturated rings. The summed E-state index contributed by atoms with van der Waals surface area (Å²) in [6.07, 6.45) is 18.6. The molecule has 0 aliphatic carbocycles. The van der Waals surface area contributed by atoms with Crippen LogP contribution in [0, 0.1) is 3.57 Å². The monoisotopic (exact) mass is 1090 g/mol. The Morgan fingerprint density at radius 3 is 1.58 bits per heavy atom. The summed E-state index contributed by atoms with van der Waals surface area (Å²) in [5, 5.41) is 8.20. The van der Waals surface area contributed by atoms with Gasteiger partial charge in [-0.2, -0.15) is 10.2 Å². The van der Waals surface area contributed by atoms with Crippen LogP contribution in [0.2, 0.25) is 0 Å². The lowest BCUT2D eigenvalue weighted by Crippen LogP contribution is -2.41. The zero-order chi connectivity index (χ0) is 45.3. The topological polar surface area (TPSA) is 139 Å². The highest BCUT2D eigenvalue weighted by Gasteiger charge is 2.51. The van der Waals surface area contributed by atoms with Gasteiger partial charge in [-0.15, -0.1) is 0 Å². The predicted molar refractivity (Wildman–Crippen MR) is 265 cm³/mol. The fourth-order valence-corrected chi connectivity index (χ4v) is 8.91. The number of nitrogens with zero attached hydrogens (tertiary/aromatic N) is 8. The van der Waals surface area contributed by atoms with Gasteiger partial charge in [0.25, 0.3) is 0 Å². The van der Waals surface area contributed by atoms with Crippen molar-refractivity contribution >= 4 is 89.9 Å². The summed E-state index contributed by atoms with van der Waals surface area (Å²) in [4.78, 5) is 41.1. The van der Waals surface area contributed by atoms with Crippen molar-refractivity contribution in [1.82, 2.24) is 39.2 Å². The van der Waals surface area contributed by atoms with E-state index in [1.165, 1.54) is 23.8 Å². The summed E-state index contributed by atoms with van der Waals surface area (Å²) in [6.45, 7) is 8.14. The molecule has 9 rings (SSSR count). The van der Waals surface area contributed by atoms with Crippen molar-refractivity contribution in [2.45, 2.75) is 77.4 Å². The van der Waals surface area contributed by atoms with E-state index in [9.17, 15) is 9.59 Å². The highest BCUT2D eigenvalue weighted by molar-refractivity contribution is 14.1. The Morgan fingerprint density at radius 2 is 1.08 bits per heavy atom. The van der Waals surface area contributed by atoms with Gasteiger partial charge >= 0.3 is 7.12 Å². The van der Waals surface area contributed by atoms with Crippen molar-refractivity contribution in [2.24, 2.45) is 0 Å². The maximum absolute atomic E-state index is 12.4. The van der Waals surface area contributed by atoms with Gasteiger partial charge in [-0.05, 0) is 166 Å². The number of rotatable bonds is 12. The number of pyridine rings is 4. The van der Waals surface area contributed by atoms with E-state index in [0.29, 0.717) is 12.8 Å². The fourth-order valence-electron chi connectivity index (χ4n) is 6.85. The summed E-state index contributed by atoms with van der Waals surface area (Å²) in [5.41, 5.74) is 7.79. The Balaban J connectivity index is 0.000000155. The lowest BCUT2D eigenvalue weighted by atomic mass is 9.78. The Bertz CT molecular complexity index is 2810. The highest BCUT2D eigenvalue weighted by atomic mass is 127. The van der Waals surface area contributed by atoms with Crippen molar-refractivity contribution in [3.8, 4) is 11.1 Å². The zero-order valence-electron chi connectivity index (χ0n) is 35.9. The van der Waals surface area contributed by atoms with Gasteiger partial charge in [0.05, 0.1) is 20.1 Å². The average Bonchev–Trinajstić information content (AvgIpc) is 4.03. The van der Waals surface area contributed by atoms with Gasteiger partial charge < -0.3 is 9.31 Å². The van der Waals surface area contributed by atoms with Crippen LogP contribution in [-0.2, 0) is 22.2 Å². The number of carbonyl (C=O) groups is 2. The minimum atomic E-state index is -0.393. The number of carbonyl (C=O) groups excluding carboxylic acids is 2. The van der Waals surface area contributed by atoms with Crippen LogP contribution in [-0.4, -0.2) is 69.1 Å². The number of Topliss-reactive ketones (excluding diaryl/α,β-unsaturated/α-hetero) is 2. The van der Waals surface area contributed by atoms with E-state index in [1.807, 2.05) is 125 Å². The van der Waals surface area contributed by atoms with Crippen molar-refractivity contribution in [1.29, 1.82) is 0 Å². The van der Waals surface area contributed by atoms with Gasteiger partial charge in [-0.3, -0.25) is 19.6 Å². The largest absolute Gasteiger partial charge is 0.494 e. The molecule has 0 atom stereocenters. The normalized spacial score (nSPS) is 13.8. The summed E-state index contributed by atoms with van der Waals surface area (Å²) < 4.78 is 18.6. The molecule has 64 heavy (non-hydrogen) atoms. The lowest BCUT2D eigenvalue weighted by Gasteiger charge is -2.32. The molecule has 16 heteroatoms. The van der Waals surface area contributed by atoms with Crippen molar-refractivity contribution in [3.05, 3.63) is 170 Å². The van der Waals surface area contributed by atoms with Crippen LogP contribution in [0.25, 0.3) is 22.4 Å². The number of halogens is 3. The Hall–Kier alpha value is -5.01. The molecule has 0 saturated carbocycles. The smallest absolute Gasteiger partial charge is 0.399 e. The summed E-state index contributed by atoms with van der Waals surface area (Å²) >= 11 is 9.16. The van der Waals surface area contributed by atoms with E-state index in [0.717, 1.165) is 77.2 Å². The molecule has 6 aromatic heterocycles. The van der Waals surface area contributed by atoms with Gasteiger partial charge in [0.2, 0.25) is 0 Å². The number of hydrogen-bond donors (Lipinski definition) is 0. The maximum Gasteiger partial charge on any atom is 0.494 e. The van der Waals surface area contributed by atoms with E-state index in [-0.39, 0.29) is 22.8 Å². The molecule has 12 nitrogen and oxygen atoms in total.